The van der Waals surface area contributed by atoms with Crippen molar-refractivity contribution in [2.75, 3.05) is 0 Å². The van der Waals surface area contributed by atoms with Crippen LogP contribution in [0.5, 0.6) is 5.75 Å². The molecule has 4 heteroatoms. The van der Waals surface area contributed by atoms with Crippen molar-refractivity contribution < 1.29 is 5.11 Å². The fourth-order valence-corrected chi connectivity index (χ4v) is 5.98. The van der Waals surface area contributed by atoms with E-state index in [-0.39, 0.29) is 16.6 Å². The molecule has 0 aliphatic heterocycles. The Balaban J connectivity index is 1.70. The lowest BCUT2D eigenvalue weighted by Gasteiger charge is -2.21. The van der Waals surface area contributed by atoms with E-state index in [2.05, 4.69) is 132 Å². The second-order valence-corrected chi connectivity index (χ2v) is 13.9. The van der Waals surface area contributed by atoms with Crippen LogP contribution in [0.15, 0.2) is 97.2 Å². The van der Waals surface area contributed by atoms with Crippen molar-refractivity contribution in [3.63, 3.8) is 0 Å². The van der Waals surface area contributed by atoms with E-state index in [9.17, 15) is 5.11 Å². The quantitative estimate of drug-likeness (QED) is 0.226. The van der Waals surface area contributed by atoms with E-state index < -0.39 is 0 Å². The Kier molecular flexibility index (Phi) is 7.20. The molecule has 0 fully saturated rings. The Morgan fingerprint density at radius 1 is 0.636 bits per heavy atom. The van der Waals surface area contributed by atoms with Gasteiger partial charge >= 0.3 is 0 Å². The molecule has 2 heterocycles. The summed E-state index contributed by atoms with van der Waals surface area (Å²) in [5, 5.41) is 11.3. The minimum atomic E-state index is -0.0850. The molecule has 1 N–H and O–H groups in total. The first-order chi connectivity index (χ1) is 20.8. The molecule has 0 unspecified atom stereocenters. The van der Waals surface area contributed by atoms with Crippen LogP contribution in [0.1, 0.15) is 63.8 Å². The molecule has 4 nitrogen and oxygen atoms in total. The van der Waals surface area contributed by atoms with E-state index in [4.69, 9.17) is 4.98 Å². The first-order valence-corrected chi connectivity index (χ1v) is 15.3. The molecule has 0 radical (unpaired) electrons. The third-order valence-corrected chi connectivity index (χ3v) is 8.52. The number of benzene rings is 4. The third kappa shape index (κ3) is 5.30. The third-order valence-electron chi connectivity index (χ3n) is 8.52. The molecular formula is C40H41N3O. The Hall–Kier alpha value is -4.70. The first-order valence-electron chi connectivity index (χ1n) is 15.3. The second kappa shape index (κ2) is 10.8. The van der Waals surface area contributed by atoms with Gasteiger partial charge in [0.25, 0.3) is 0 Å². The molecule has 0 saturated heterocycles. The van der Waals surface area contributed by atoms with Gasteiger partial charge in [0.05, 0.1) is 28.0 Å². The number of aryl methyl sites for hydroxylation is 2. The van der Waals surface area contributed by atoms with E-state index in [1.54, 1.807) is 6.07 Å². The molecule has 44 heavy (non-hydrogen) atoms. The van der Waals surface area contributed by atoms with Crippen molar-refractivity contribution in [1.29, 1.82) is 0 Å². The molecule has 0 atom stereocenters. The number of phenols is 1. The van der Waals surface area contributed by atoms with Gasteiger partial charge in [-0.05, 0) is 95.0 Å². The zero-order valence-electron chi connectivity index (χ0n) is 27.0. The summed E-state index contributed by atoms with van der Waals surface area (Å²) in [6.07, 6.45) is 1.84. The molecule has 0 bridgehead atoms. The molecule has 0 spiro atoms. The number of rotatable bonds is 4. The summed E-state index contributed by atoms with van der Waals surface area (Å²) in [4.78, 5) is 10.1. The Morgan fingerprint density at radius 2 is 1.32 bits per heavy atom. The van der Waals surface area contributed by atoms with Crippen LogP contribution in [0, 0.1) is 13.8 Å². The summed E-state index contributed by atoms with van der Waals surface area (Å²) in [5.41, 5.74) is 12.4. The number of aromatic hydroxyl groups is 1. The first kappa shape index (κ1) is 29.4. The molecule has 6 aromatic rings. The standard InChI is InChI=1S/C40H41N3O/c1-25-13-11-14-26(2)37(25)43-34-17-12-15-31(36(34)42-38(43)32-24-29(39(3,4)5)18-19-35(32)44)27-21-28(33-16-9-10-20-41-33)23-30(22-27)40(6,7)8/h9-24,44H,1-8H3. The van der Waals surface area contributed by atoms with Crippen LogP contribution in [0.4, 0.5) is 0 Å². The number of nitrogens with zero attached hydrogens (tertiary/aromatic N) is 3. The monoisotopic (exact) mass is 579 g/mol. The summed E-state index contributed by atoms with van der Waals surface area (Å²) >= 11 is 0. The summed E-state index contributed by atoms with van der Waals surface area (Å²) in [6, 6.07) is 31.5. The zero-order chi connectivity index (χ0) is 31.4. The van der Waals surface area contributed by atoms with Gasteiger partial charge in [-0.25, -0.2) is 4.98 Å². The van der Waals surface area contributed by atoms with Crippen LogP contribution in [0.25, 0.3) is 50.5 Å². The highest BCUT2D eigenvalue weighted by atomic mass is 16.3. The van der Waals surface area contributed by atoms with Gasteiger partial charge in [0.15, 0.2) is 0 Å². The molecule has 0 aliphatic carbocycles. The van der Waals surface area contributed by atoms with Crippen molar-refractivity contribution in [3.05, 3.63) is 119 Å². The molecule has 0 amide bonds. The fraction of sp³-hybridized carbons (Fsp3) is 0.250. The molecule has 2 aromatic heterocycles. The lowest BCUT2D eigenvalue weighted by atomic mass is 9.83. The number of fused-ring (bicyclic) bond motifs is 1. The van der Waals surface area contributed by atoms with Gasteiger partial charge in [0.2, 0.25) is 0 Å². The van der Waals surface area contributed by atoms with Crippen LogP contribution >= 0.6 is 0 Å². The van der Waals surface area contributed by atoms with E-state index in [1.807, 2.05) is 24.4 Å². The van der Waals surface area contributed by atoms with Crippen LogP contribution < -0.4 is 0 Å². The van der Waals surface area contributed by atoms with Gasteiger partial charge in [-0.1, -0.05) is 90.1 Å². The smallest absolute Gasteiger partial charge is 0.149 e. The zero-order valence-corrected chi connectivity index (χ0v) is 27.0. The number of pyridine rings is 1. The summed E-state index contributed by atoms with van der Waals surface area (Å²) < 4.78 is 2.23. The largest absolute Gasteiger partial charge is 0.507 e. The van der Waals surface area contributed by atoms with E-state index in [0.29, 0.717) is 0 Å². The van der Waals surface area contributed by atoms with Gasteiger partial charge in [-0.15, -0.1) is 0 Å². The number of aromatic nitrogens is 3. The predicted octanol–water partition coefficient (Wildman–Crippen LogP) is 10.3. The topological polar surface area (TPSA) is 50.9 Å². The Morgan fingerprint density at radius 3 is 1.98 bits per heavy atom. The minimum Gasteiger partial charge on any atom is -0.507 e. The van der Waals surface area contributed by atoms with Gasteiger partial charge in [0.1, 0.15) is 11.6 Å². The molecule has 6 rings (SSSR count). The van der Waals surface area contributed by atoms with E-state index in [1.165, 1.54) is 5.56 Å². The minimum absolute atomic E-state index is 0.0601. The van der Waals surface area contributed by atoms with Crippen LogP contribution in [-0.2, 0) is 10.8 Å². The number of hydrogen-bond acceptors (Lipinski definition) is 3. The maximum Gasteiger partial charge on any atom is 0.149 e. The van der Waals surface area contributed by atoms with Gasteiger partial charge < -0.3 is 5.11 Å². The van der Waals surface area contributed by atoms with Crippen LogP contribution in [0.2, 0.25) is 0 Å². The maximum atomic E-state index is 11.3. The molecule has 0 aliphatic rings. The summed E-state index contributed by atoms with van der Waals surface area (Å²) in [5.74, 6) is 0.944. The average Bonchev–Trinajstić information content (AvgIpc) is 3.35. The van der Waals surface area contributed by atoms with Gasteiger partial charge in [0, 0.05) is 17.3 Å². The lowest BCUT2D eigenvalue weighted by molar-refractivity contribution is 0.475. The van der Waals surface area contributed by atoms with Crippen molar-refractivity contribution in [1.82, 2.24) is 14.5 Å². The Labute approximate surface area is 261 Å². The number of hydrogen-bond donors (Lipinski definition) is 1. The summed E-state index contributed by atoms with van der Waals surface area (Å²) in [7, 11) is 0. The molecule has 222 valence electrons. The van der Waals surface area contributed by atoms with Crippen molar-refractivity contribution in [2.45, 2.75) is 66.2 Å². The van der Waals surface area contributed by atoms with Gasteiger partial charge in [-0.3, -0.25) is 9.55 Å². The van der Waals surface area contributed by atoms with E-state index in [0.717, 1.165) is 67.2 Å². The van der Waals surface area contributed by atoms with Crippen LogP contribution in [-0.4, -0.2) is 19.6 Å². The number of phenolic OH excluding ortho intramolecular Hbond substituents is 1. The highest BCUT2D eigenvalue weighted by Crippen LogP contribution is 2.41. The molecular weight excluding hydrogens is 538 g/mol. The number of para-hydroxylation sites is 2. The highest BCUT2D eigenvalue weighted by molar-refractivity contribution is 5.97. The maximum absolute atomic E-state index is 11.3. The molecule has 4 aromatic carbocycles. The van der Waals surface area contributed by atoms with Crippen LogP contribution in [0.3, 0.4) is 0 Å². The van der Waals surface area contributed by atoms with Crippen molar-refractivity contribution >= 4 is 11.0 Å². The lowest BCUT2D eigenvalue weighted by Crippen LogP contribution is -2.11. The SMILES string of the molecule is Cc1cccc(C)c1-n1c(-c2cc(C(C)(C)C)ccc2O)nc2c(-c3cc(-c4ccccn4)cc(C(C)(C)C)c3)cccc21. The fourth-order valence-electron chi connectivity index (χ4n) is 5.98. The Bertz CT molecular complexity index is 1980. The van der Waals surface area contributed by atoms with Crippen molar-refractivity contribution in [3.8, 4) is 45.2 Å². The highest BCUT2D eigenvalue weighted by Gasteiger charge is 2.24. The predicted molar refractivity (Wildman–Crippen MR) is 184 cm³/mol. The molecule has 0 saturated carbocycles. The average molecular weight is 580 g/mol. The van der Waals surface area contributed by atoms with E-state index >= 15 is 0 Å². The normalized spacial score (nSPS) is 12.2. The second-order valence-electron chi connectivity index (χ2n) is 13.9. The number of imidazole rings is 1. The van der Waals surface area contributed by atoms with Gasteiger partial charge in [-0.2, -0.15) is 0 Å². The van der Waals surface area contributed by atoms with Crippen molar-refractivity contribution in [2.24, 2.45) is 0 Å². The summed E-state index contributed by atoms with van der Waals surface area (Å²) in [6.45, 7) is 17.6.